The van der Waals surface area contributed by atoms with E-state index < -0.39 is 0 Å². The third kappa shape index (κ3) is 2.30. The van der Waals surface area contributed by atoms with Crippen molar-refractivity contribution in [2.75, 3.05) is 5.73 Å². The molecular weight excluding hydrogens is 229 g/mol. The van der Waals surface area contributed by atoms with Crippen LogP contribution in [0, 0.1) is 26.6 Å². The van der Waals surface area contributed by atoms with Crippen LogP contribution in [0.15, 0.2) is 30.3 Å². The van der Waals surface area contributed by atoms with Gasteiger partial charge in [-0.3, -0.25) is 0 Å². The molecule has 0 atom stereocenters. The normalized spacial score (nSPS) is 10.4. The molecule has 94 valence electrons. The van der Waals surface area contributed by atoms with Gasteiger partial charge in [-0.15, -0.1) is 0 Å². The Kier molecular flexibility index (Phi) is 3.24. The Balaban J connectivity index is 2.46. The first-order valence-corrected chi connectivity index (χ1v) is 5.78. The van der Waals surface area contributed by atoms with E-state index >= 15 is 0 Å². The molecule has 0 saturated carbocycles. The fourth-order valence-corrected chi connectivity index (χ4v) is 1.79. The van der Waals surface area contributed by atoms with Crippen LogP contribution in [-0.2, 0) is 0 Å². The van der Waals surface area contributed by atoms with Gasteiger partial charge in [0.15, 0.2) is 5.75 Å². The lowest BCUT2D eigenvalue weighted by Gasteiger charge is -2.14. The van der Waals surface area contributed by atoms with Gasteiger partial charge in [-0.1, -0.05) is 12.1 Å². The van der Waals surface area contributed by atoms with Crippen LogP contribution in [0.25, 0.3) is 0 Å². The fourth-order valence-electron chi connectivity index (χ4n) is 1.79. The van der Waals surface area contributed by atoms with E-state index in [4.69, 9.17) is 10.5 Å². The van der Waals surface area contributed by atoms with Crippen LogP contribution in [0.4, 0.5) is 10.1 Å². The molecule has 18 heavy (non-hydrogen) atoms. The highest BCUT2D eigenvalue weighted by Crippen LogP contribution is 2.33. The Hall–Kier alpha value is -2.03. The quantitative estimate of drug-likeness (QED) is 0.807. The van der Waals surface area contributed by atoms with Crippen molar-refractivity contribution < 1.29 is 9.13 Å². The maximum Gasteiger partial charge on any atom is 0.153 e. The number of aryl methyl sites for hydroxylation is 2. The van der Waals surface area contributed by atoms with E-state index in [0.717, 1.165) is 22.4 Å². The second-order valence-electron chi connectivity index (χ2n) is 4.44. The van der Waals surface area contributed by atoms with Crippen molar-refractivity contribution in [2.45, 2.75) is 20.8 Å². The molecule has 0 aliphatic rings. The van der Waals surface area contributed by atoms with E-state index in [1.807, 2.05) is 32.9 Å². The van der Waals surface area contributed by atoms with Gasteiger partial charge in [-0.2, -0.15) is 0 Å². The molecule has 2 aromatic carbocycles. The molecule has 0 aromatic heterocycles. The smallest absolute Gasteiger partial charge is 0.153 e. The van der Waals surface area contributed by atoms with Gasteiger partial charge in [0, 0.05) is 6.07 Å². The minimum Gasteiger partial charge on any atom is -0.455 e. The molecule has 3 heteroatoms. The first kappa shape index (κ1) is 12.4. The predicted octanol–water partition coefficient (Wildman–Crippen LogP) is 4.13. The lowest BCUT2D eigenvalue weighted by molar-refractivity contribution is 0.471. The van der Waals surface area contributed by atoms with Crippen LogP contribution in [0.1, 0.15) is 16.7 Å². The number of nitrogens with two attached hydrogens (primary N) is 1. The van der Waals surface area contributed by atoms with Crippen LogP contribution in [0.5, 0.6) is 11.5 Å². The van der Waals surface area contributed by atoms with Gasteiger partial charge in [0.05, 0.1) is 5.69 Å². The zero-order valence-electron chi connectivity index (χ0n) is 10.8. The molecular formula is C15H16FNO. The van der Waals surface area contributed by atoms with E-state index in [1.165, 1.54) is 18.2 Å². The molecule has 0 unspecified atom stereocenters. The zero-order valence-corrected chi connectivity index (χ0v) is 10.8. The van der Waals surface area contributed by atoms with E-state index in [9.17, 15) is 4.39 Å². The molecule has 0 aliphatic heterocycles. The Bertz CT molecular complexity index is 593. The van der Waals surface area contributed by atoms with E-state index in [-0.39, 0.29) is 5.82 Å². The third-order valence-electron chi connectivity index (χ3n) is 3.06. The van der Waals surface area contributed by atoms with Gasteiger partial charge >= 0.3 is 0 Å². The van der Waals surface area contributed by atoms with Crippen molar-refractivity contribution in [1.82, 2.24) is 0 Å². The van der Waals surface area contributed by atoms with Gasteiger partial charge in [0.25, 0.3) is 0 Å². The summed E-state index contributed by atoms with van der Waals surface area (Å²) in [7, 11) is 0. The van der Waals surface area contributed by atoms with Crippen LogP contribution < -0.4 is 10.5 Å². The van der Waals surface area contributed by atoms with Crippen LogP contribution in [-0.4, -0.2) is 0 Å². The molecule has 2 rings (SSSR count). The lowest BCUT2D eigenvalue weighted by atomic mass is 10.1. The average Bonchev–Trinajstić information content (AvgIpc) is 2.34. The van der Waals surface area contributed by atoms with Crippen LogP contribution in [0.2, 0.25) is 0 Å². The third-order valence-corrected chi connectivity index (χ3v) is 3.06. The fraction of sp³-hybridized carbons (Fsp3) is 0.200. The summed E-state index contributed by atoms with van der Waals surface area (Å²) in [6.45, 7) is 5.95. The first-order chi connectivity index (χ1) is 8.49. The topological polar surface area (TPSA) is 35.2 Å². The molecule has 0 fully saturated rings. The Labute approximate surface area is 106 Å². The SMILES string of the molecule is Cc1ccc(C)c(Oc2cc(F)ccc2N)c1C. The minimum atomic E-state index is -0.359. The highest BCUT2D eigenvalue weighted by Gasteiger charge is 2.10. The first-order valence-electron chi connectivity index (χ1n) is 5.78. The maximum atomic E-state index is 13.2. The molecule has 0 radical (unpaired) electrons. The second-order valence-corrected chi connectivity index (χ2v) is 4.44. The van der Waals surface area contributed by atoms with Gasteiger partial charge in [-0.25, -0.2) is 4.39 Å². The molecule has 0 saturated heterocycles. The van der Waals surface area contributed by atoms with Gasteiger partial charge in [-0.05, 0) is 49.6 Å². The summed E-state index contributed by atoms with van der Waals surface area (Å²) in [5.41, 5.74) is 9.38. The molecule has 2 aromatic rings. The van der Waals surface area contributed by atoms with Crippen molar-refractivity contribution in [1.29, 1.82) is 0 Å². The number of nitrogen functional groups attached to an aromatic ring is 1. The molecule has 0 amide bonds. The van der Waals surface area contributed by atoms with Crippen molar-refractivity contribution >= 4 is 5.69 Å². The number of halogens is 1. The van der Waals surface area contributed by atoms with E-state index in [0.29, 0.717) is 11.4 Å². The molecule has 0 spiro atoms. The molecule has 2 N–H and O–H groups in total. The van der Waals surface area contributed by atoms with Gasteiger partial charge < -0.3 is 10.5 Å². The average molecular weight is 245 g/mol. The Morgan fingerprint density at radius 3 is 2.39 bits per heavy atom. The number of hydrogen-bond donors (Lipinski definition) is 1. The van der Waals surface area contributed by atoms with Crippen molar-refractivity contribution in [3.63, 3.8) is 0 Å². The number of ether oxygens (including phenoxy) is 1. The van der Waals surface area contributed by atoms with Gasteiger partial charge in [0.1, 0.15) is 11.6 Å². The molecule has 0 heterocycles. The predicted molar refractivity (Wildman–Crippen MR) is 71.5 cm³/mol. The minimum absolute atomic E-state index is 0.354. The second kappa shape index (κ2) is 4.69. The summed E-state index contributed by atoms with van der Waals surface area (Å²) >= 11 is 0. The molecule has 0 aliphatic carbocycles. The maximum absolute atomic E-state index is 13.2. The Morgan fingerprint density at radius 2 is 1.67 bits per heavy atom. The van der Waals surface area contributed by atoms with E-state index in [1.54, 1.807) is 0 Å². The number of benzene rings is 2. The molecule has 0 bridgehead atoms. The number of hydrogen-bond acceptors (Lipinski definition) is 2. The highest BCUT2D eigenvalue weighted by atomic mass is 19.1. The largest absolute Gasteiger partial charge is 0.455 e. The van der Waals surface area contributed by atoms with E-state index in [2.05, 4.69) is 0 Å². The summed E-state index contributed by atoms with van der Waals surface area (Å²) in [5.74, 6) is 0.737. The van der Waals surface area contributed by atoms with Crippen molar-refractivity contribution in [2.24, 2.45) is 0 Å². The molecule has 2 nitrogen and oxygen atoms in total. The summed E-state index contributed by atoms with van der Waals surface area (Å²) in [5, 5.41) is 0. The Morgan fingerprint density at radius 1 is 1.00 bits per heavy atom. The van der Waals surface area contributed by atoms with Crippen molar-refractivity contribution in [3.05, 3.63) is 52.8 Å². The summed E-state index contributed by atoms with van der Waals surface area (Å²) in [4.78, 5) is 0. The van der Waals surface area contributed by atoms with Gasteiger partial charge in [0.2, 0.25) is 0 Å². The summed E-state index contributed by atoms with van der Waals surface area (Å²) < 4.78 is 19.0. The summed E-state index contributed by atoms with van der Waals surface area (Å²) in [6, 6.07) is 8.14. The van der Waals surface area contributed by atoms with Crippen LogP contribution in [0.3, 0.4) is 0 Å². The van der Waals surface area contributed by atoms with Crippen LogP contribution >= 0.6 is 0 Å². The number of rotatable bonds is 2. The highest BCUT2D eigenvalue weighted by molar-refractivity contribution is 5.56. The lowest BCUT2D eigenvalue weighted by Crippen LogP contribution is -1.97. The summed E-state index contributed by atoms with van der Waals surface area (Å²) in [6.07, 6.45) is 0. The zero-order chi connectivity index (χ0) is 13.3. The standard InChI is InChI=1S/C15H16FNO/c1-9-4-5-10(2)15(11(9)3)18-14-8-12(16)6-7-13(14)17/h4-8H,17H2,1-3H3. The monoisotopic (exact) mass is 245 g/mol. The van der Waals surface area contributed by atoms with Crippen molar-refractivity contribution in [3.8, 4) is 11.5 Å². The number of anilines is 1.